The van der Waals surface area contributed by atoms with Gasteiger partial charge in [0, 0.05) is 5.69 Å². The molecule has 1 atom stereocenters. The highest BCUT2D eigenvalue weighted by Crippen LogP contribution is 2.29. The summed E-state index contributed by atoms with van der Waals surface area (Å²) in [5, 5.41) is 11.3. The van der Waals surface area contributed by atoms with Gasteiger partial charge in [-0.1, -0.05) is 13.8 Å². The molecule has 102 valence electrons. The van der Waals surface area contributed by atoms with Crippen molar-refractivity contribution in [2.75, 3.05) is 5.32 Å². The normalized spacial score (nSPS) is 12.9. The fraction of sp³-hybridized carbons (Fsp3) is 0.385. The van der Waals surface area contributed by atoms with Crippen LogP contribution in [0.2, 0.25) is 0 Å². The Labute approximate surface area is 109 Å². The van der Waals surface area contributed by atoms with Gasteiger partial charge >= 0.3 is 6.18 Å². The lowest BCUT2D eigenvalue weighted by Gasteiger charge is -2.13. The molecule has 6 heteroatoms. The molecule has 1 rings (SSSR count). The summed E-state index contributed by atoms with van der Waals surface area (Å²) in [5.41, 5.74) is -0.551. The zero-order valence-electron chi connectivity index (χ0n) is 10.5. The second-order valence-corrected chi connectivity index (χ2v) is 4.42. The summed E-state index contributed by atoms with van der Waals surface area (Å²) in [6.07, 6.45) is -4.41. The molecule has 1 aromatic rings. The molecule has 0 aliphatic rings. The minimum absolute atomic E-state index is 0.167. The minimum Gasteiger partial charge on any atom is -0.325 e. The minimum atomic E-state index is -4.41. The molecule has 1 N–H and O–H groups in total. The Morgan fingerprint density at radius 3 is 2.16 bits per heavy atom. The third-order valence-corrected chi connectivity index (χ3v) is 2.57. The van der Waals surface area contributed by atoms with Crippen LogP contribution in [0.25, 0.3) is 0 Å². The summed E-state index contributed by atoms with van der Waals surface area (Å²) < 4.78 is 37.0. The second kappa shape index (κ2) is 5.74. The van der Waals surface area contributed by atoms with E-state index in [0.717, 1.165) is 24.3 Å². The van der Waals surface area contributed by atoms with Gasteiger partial charge in [-0.05, 0) is 30.2 Å². The van der Waals surface area contributed by atoms with Gasteiger partial charge in [-0.15, -0.1) is 0 Å². The lowest BCUT2D eigenvalue weighted by Crippen LogP contribution is -2.25. The molecule has 0 saturated carbocycles. The molecular weight excluding hydrogens is 257 g/mol. The molecule has 1 aromatic carbocycles. The standard InChI is InChI=1S/C13H13F3N2O/c1-8(2)11(7-17)12(19)18-10-5-3-9(4-6-10)13(14,15)16/h3-6,8,11H,1-2H3,(H,18,19). The number of benzene rings is 1. The van der Waals surface area contributed by atoms with E-state index in [9.17, 15) is 18.0 Å². The maximum absolute atomic E-state index is 12.3. The van der Waals surface area contributed by atoms with Crippen LogP contribution in [0.5, 0.6) is 0 Å². The van der Waals surface area contributed by atoms with Crippen LogP contribution in [0, 0.1) is 23.2 Å². The van der Waals surface area contributed by atoms with Gasteiger partial charge < -0.3 is 5.32 Å². The van der Waals surface area contributed by atoms with Crippen LogP contribution in [0.3, 0.4) is 0 Å². The molecule has 0 aliphatic carbocycles. The Balaban J connectivity index is 2.79. The van der Waals surface area contributed by atoms with Gasteiger partial charge in [-0.25, -0.2) is 0 Å². The molecule has 0 spiro atoms. The smallest absolute Gasteiger partial charge is 0.325 e. The Morgan fingerprint density at radius 1 is 1.26 bits per heavy atom. The molecule has 0 fully saturated rings. The molecule has 1 amide bonds. The maximum atomic E-state index is 12.3. The largest absolute Gasteiger partial charge is 0.416 e. The van der Waals surface area contributed by atoms with Crippen molar-refractivity contribution >= 4 is 11.6 Å². The van der Waals surface area contributed by atoms with E-state index >= 15 is 0 Å². The number of carbonyl (C=O) groups is 1. The summed E-state index contributed by atoms with van der Waals surface area (Å²) in [5.74, 6) is -1.51. The second-order valence-electron chi connectivity index (χ2n) is 4.42. The quantitative estimate of drug-likeness (QED) is 0.914. The first-order chi connectivity index (χ1) is 8.75. The van der Waals surface area contributed by atoms with E-state index in [1.54, 1.807) is 13.8 Å². The van der Waals surface area contributed by atoms with Crippen molar-refractivity contribution in [2.45, 2.75) is 20.0 Å². The highest BCUT2D eigenvalue weighted by molar-refractivity contribution is 5.94. The number of hydrogen-bond acceptors (Lipinski definition) is 2. The Hall–Kier alpha value is -2.03. The van der Waals surface area contributed by atoms with E-state index < -0.39 is 23.6 Å². The topological polar surface area (TPSA) is 52.9 Å². The lowest BCUT2D eigenvalue weighted by molar-refractivity contribution is -0.137. The molecular formula is C13H13F3N2O. The van der Waals surface area contributed by atoms with Gasteiger partial charge in [0.2, 0.25) is 5.91 Å². The summed E-state index contributed by atoms with van der Waals surface area (Å²) in [4.78, 5) is 11.7. The third-order valence-electron chi connectivity index (χ3n) is 2.57. The molecule has 0 aliphatic heterocycles. The number of carbonyl (C=O) groups excluding carboxylic acids is 1. The molecule has 0 aromatic heterocycles. The average molecular weight is 270 g/mol. The summed E-state index contributed by atoms with van der Waals surface area (Å²) in [6, 6.07) is 5.95. The third kappa shape index (κ3) is 3.98. The van der Waals surface area contributed by atoms with Crippen LogP contribution < -0.4 is 5.32 Å². The number of alkyl halides is 3. The Morgan fingerprint density at radius 2 is 1.79 bits per heavy atom. The fourth-order valence-electron chi connectivity index (χ4n) is 1.47. The number of anilines is 1. The molecule has 0 radical (unpaired) electrons. The first-order valence-corrected chi connectivity index (χ1v) is 5.63. The van der Waals surface area contributed by atoms with Gasteiger partial charge in [-0.3, -0.25) is 4.79 Å². The highest BCUT2D eigenvalue weighted by Gasteiger charge is 2.30. The van der Waals surface area contributed by atoms with Crippen molar-refractivity contribution < 1.29 is 18.0 Å². The molecule has 1 unspecified atom stereocenters. The van der Waals surface area contributed by atoms with E-state index in [-0.39, 0.29) is 11.6 Å². The van der Waals surface area contributed by atoms with Crippen LogP contribution in [-0.4, -0.2) is 5.91 Å². The molecule has 19 heavy (non-hydrogen) atoms. The van der Waals surface area contributed by atoms with Gasteiger partial charge in [0.15, 0.2) is 0 Å². The van der Waals surface area contributed by atoms with Gasteiger partial charge in [0.05, 0.1) is 11.6 Å². The van der Waals surface area contributed by atoms with Crippen molar-refractivity contribution in [1.82, 2.24) is 0 Å². The van der Waals surface area contributed by atoms with Crippen LogP contribution in [0.4, 0.5) is 18.9 Å². The van der Waals surface area contributed by atoms with Crippen molar-refractivity contribution in [3.05, 3.63) is 29.8 Å². The Bertz CT molecular complexity index is 486. The van der Waals surface area contributed by atoms with Crippen LogP contribution in [0.1, 0.15) is 19.4 Å². The van der Waals surface area contributed by atoms with Crippen molar-refractivity contribution in [1.29, 1.82) is 5.26 Å². The SMILES string of the molecule is CC(C)C(C#N)C(=O)Nc1ccc(C(F)(F)F)cc1. The monoisotopic (exact) mass is 270 g/mol. The number of halogens is 3. The van der Waals surface area contributed by atoms with Crippen molar-refractivity contribution in [3.63, 3.8) is 0 Å². The van der Waals surface area contributed by atoms with Crippen LogP contribution >= 0.6 is 0 Å². The summed E-state index contributed by atoms with van der Waals surface area (Å²) in [7, 11) is 0. The fourth-order valence-corrected chi connectivity index (χ4v) is 1.47. The number of hydrogen-bond donors (Lipinski definition) is 1. The van der Waals surface area contributed by atoms with E-state index in [1.165, 1.54) is 0 Å². The van der Waals surface area contributed by atoms with Gasteiger partial charge in [-0.2, -0.15) is 18.4 Å². The molecule has 0 saturated heterocycles. The van der Waals surface area contributed by atoms with Gasteiger partial charge in [0.25, 0.3) is 0 Å². The van der Waals surface area contributed by atoms with E-state index in [2.05, 4.69) is 5.32 Å². The molecule has 0 heterocycles. The molecule has 0 bridgehead atoms. The number of nitriles is 1. The van der Waals surface area contributed by atoms with Crippen molar-refractivity contribution in [3.8, 4) is 6.07 Å². The predicted molar refractivity (Wildman–Crippen MR) is 64.0 cm³/mol. The van der Waals surface area contributed by atoms with Crippen LogP contribution in [-0.2, 0) is 11.0 Å². The molecule has 3 nitrogen and oxygen atoms in total. The number of rotatable bonds is 3. The highest BCUT2D eigenvalue weighted by atomic mass is 19.4. The zero-order chi connectivity index (χ0) is 14.6. The van der Waals surface area contributed by atoms with Crippen molar-refractivity contribution in [2.24, 2.45) is 11.8 Å². The van der Waals surface area contributed by atoms with Crippen LogP contribution in [0.15, 0.2) is 24.3 Å². The van der Waals surface area contributed by atoms with Gasteiger partial charge in [0.1, 0.15) is 5.92 Å². The maximum Gasteiger partial charge on any atom is 0.416 e. The number of nitrogens with one attached hydrogen (secondary N) is 1. The Kier molecular flexibility index (Phi) is 4.54. The first-order valence-electron chi connectivity index (χ1n) is 5.63. The summed E-state index contributed by atoms with van der Waals surface area (Å²) >= 11 is 0. The number of nitrogens with zero attached hydrogens (tertiary/aromatic N) is 1. The summed E-state index contributed by atoms with van der Waals surface area (Å²) in [6.45, 7) is 3.44. The van der Waals surface area contributed by atoms with E-state index in [0.29, 0.717) is 0 Å². The lowest BCUT2D eigenvalue weighted by atomic mass is 9.96. The number of amides is 1. The van der Waals surface area contributed by atoms with E-state index in [4.69, 9.17) is 5.26 Å². The first kappa shape index (κ1) is 15.0. The zero-order valence-corrected chi connectivity index (χ0v) is 10.5. The van der Waals surface area contributed by atoms with E-state index in [1.807, 2.05) is 6.07 Å². The predicted octanol–water partition coefficient (Wildman–Crippen LogP) is 3.44. The average Bonchev–Trinajstić information content (AvgIpc) is 2.28.